The molecule has 1 saturated carbocycles. The van der Waals surface area contributed by atoms with E-state index in [1.807, 2.05) is 33.1 Å². The second-order valence-electron chi connectivity index (χ2n) is 5.59. The van der Waals surface area contributed by atoms with Gasteiger partial charge in [0.1, 0.15) is 5.54 Å². The Morgan fingerprint density at radius 3 is 2.75 bits per heavy atom. The molecule has 0 radical (unpaired) electrons. The zero-order chi connectivity index (χ0) is 14.3. The number of amides is 1. The molecule has 1 aliphatic rings. The van der Waals surface area contributed by atoms with E-state index in [9.17, 15) is 4.79 Å². The number of nitrogens with zero attached hydrogens (tertiary/aromatic N) is 1. The highest BCUT2D eigenvalue weighted by atomic mass is 35.5. The van der Waals surface area contributed by atoms with Crippen molar-refractivity contribution in [2.45, 2.75) is 45.8 Å². The van der Waals surface area contributed by atoms with Crippen LogP contribution in [0, 0.1) is 12.3 Å². The van der Waals surface area contributed by atoms with Gasteiger partial charge >= 0.3 is 0 Å². The van der Waals surface area contributed by atoms with Gasteiger partial charge in [-0.05, 0) is 13.8 Å². The van der Waals surface area contributed by atoms with Crippen molar-refractivity contribution < 1.29 is 9.53 Å². The molecule has 1 aromatic rings. The Bertz CT molecular complexity index is 492. The Kier molecular flexibility index (Phi) is 5.18. The second kappa shape index (κ2) is 5.97. The number of hydrogen-bond donors (Lipinski definition) is 2. The van der Waals surface area contributed by atoms with Crippen LogP contribution in [0.15, 0.2) is 5.38 Å². The number of nitrogens with two attached hydrogens (primary N) is 1. The highest BCUT2D eigenvalue weighted by Gasteiger charge is 2.62. The molecule has 1 aromatic heterocycles. The molecule has 20 heavy (non-hydrogen) atoms. The van der Waals surface area contributed by atoms with Gasteiger partial charge in [-0.2, -0.15) is 0 Å². The standard InChI is InChI=1S/C13H21N3O2S.ClH/c1-5-18-9-6-13(14,12(9,3)4)10(17)16-11-15-8(2)7-19-11;/h7,9H,5-6,14H2,1-4H3,(H,15,16,17);1H. The molecule has 1 fully saturated rings. The van der Waals surface area contributed by atoms with Crippen molar-refractivity contribution in [3.8, 4) is 0 Å². The van der Waals surface area contributed by atoms with Crippen molar-refractivity contribution in [3.63, 3.8) is 0 Å². The number of thiazole rings is 1. The maximum Gasteiger partial charge on any atom is 0.246 e. The molecule has 1 amide bonds. The molecule has 5 nitrogen and oxygen atoms in total. The summed E-state index contributed by atoms with van der Waals surface area (Å²) >= 11 is 1.41. The fourth-order valence-corrected chi connectivity index (χ4v) is 3.12. The molecular formula is C13H22ClN3O2S. The largest absolute Gasteiger partial charge is 0.378 e. The number of carbonyl (C=O) groups excluding carboxylic acids is 1. The number of carbonyl (C=O) groups is 1. The second-order valence-corrected chi connectivity index (χ2v) is 6.45. The third-order valence-corrected chi connectivity index (χ3v) is 4.95. The lowest BCUT2D eigenvalue weighted by Gasteiger charge is -2.57. The highest BCUT2D eigenvalue weighted by Crippen LogP contribution is 2.50. The molecule has 114 valence electrons. The zero-order valence-electron chi connectivity index (χ0n) is 12.2. The molecule has 0 bridgehead atoms. The van der Waals surface area contributed by atoms with Gasteiger partial charge < -0.3 is 15.8 Å². The Balaban J connectivity index is 0.00000200. The van der Waals surface area contributed by atoms with Crippen LogP contribution in [-0.4, -0.2) is 29.1 Å². The lowest BCUT2D eigenvalue weighted by molar-refractivity contribution is -0.166. The third-order valence-electron chi connectivity index (χ3n) is 4.07. The van der Waals surface area contributed by atoms with Gasteiger partial charge in [-0.25, -0.2) is 4.98 Å². The van der Waals surface area contributed by atoms with Crippen LogP contribution in [0.4, 0.5) is 5.13 Å². The lowest BCUT2D eigenvalue weighted by Crippen LogP contribution is -2.74. The average Bonchev–Trinajstić information content (AvgIpc) is 2.74. The molecule has 1 aliphatic carbocycles. The third kappa shape index (κ3) is 2.70. The van der Waals surface area contributed by atoms with Gasteiger partial charge in [-0.15, -0.1) is 23.7 Å². The maximum absolute atomic E-state index is 12.4. The van der Waals surface area contributed by atoms with Gasteiger partial charge in [-0.3, -0.25) is 4.79 Å². The van der Waals surface area contributed by atoms with Crippen molar-refractivity contribution in [1.29, 1.82) is 0 Å². The number of halogens is 1. The van der Waals surface area contributed by atoms with Gasteiger partial charge in [0.05, 0.1) is 11.8 Å². The fourth-order valence-electron chi connectivity index (χ4n) is 2.44. The minimum absolute atomic E-state index is 0. The molecule has 7 heteroatoms. The van der Waals surface area contributed by atoms with Crippen LogP contribution in [0.2, 0.25) is 0 Å². The molecule has 0 aliphatic heterocycles. The van der Waals surface area contributed by atoms with Crippen LogP contribution in [0.3, 0.4) is 0 Å². The summed E-state index contributed by atoms with van der Waals surface area (Å²) < 4.78 is 5.62. The minimum atomic E-state index is -0.896. The average molecular weight is 320 g/mol. The van der Waals surface area contributed by atoms with Gasteiger partial charge in [0.2, 0.25) is 5.91 Å². The summed E-state index contributed by atoms with van der Waals surface area (Å²) in [4.78, 5) is 16.6. The summed E-state index contributed by atoms with van der Waals surface area (Å²) in [7, 11) is 0. The molecule has 0 saturated heterocycles. The van der Waals surface area contributed by atoms with Crippen molar-refractivity contribution in [3.05, 3.63) is 11.1 Å². The van der Waals surface area contributed by atoms with E-state index in [4.69, 9.17) is 10.5 Å². The Labute approximate surface area is 129 Å². The fraction of sp³-hybridized carbons (Fsp3) is 0.692. The van der Waals surface area contributed by atoms with Gasteiger partial charge in [0.25, 0.3) is 0 Å². The summed E-state index contributed by atoms with van der Waals surface area (Å²) in [6, 6.07) is 0. The molecule has 2 unspecified atom stereocenters. The maximum atomic E-state index is 12.4. The van der Waals surface area contributed by atoms with Crippen molar-refractivity contribution in [2.24, 2.45) is 11.1 Å². The number of aromatic nitrogens is 1. The van der Waals surface area contributed by atoms with Crippen molar-refractivity contribution in [1.82, 2.24) is 4.98 Å². The van der Waals surface area contributed by atoms with E-state index in [1.165, 1.54) is 11.3 Å². The van der Waals surface area contributed by atoms with Crippen LogP contribution in [0.1, 0.15) is 32.9 Å². The number of aryl methyl sites for hydroxylation is 1. The van der Waals surface area contributed by atoms with Crippen LogP contribution in [-0.2, 0) is 9.53 Å². The van der Waals surface area contributed by atoms with E-state index in [-0.39, 0.29) is 29.8 Å². The first-order valence-electron chi connectivity index (χ1n) is 6.45. The lowest BCUT2D eigenvalue weighted by atomic mass is 9.54. The highest BCUT2D eigenvalue weighted by molar-refractivity contribution is 7.13. The normalized spacial score (nSPS) is 27.4. The smallest absolute Gasteiger partial charge is 0.246 e. The molecule has 0 aromatic carbocycles. The first kappa shape index (κ1) is 17.4. The van der Waals surface area contributed by atoms with E-state index in [0.29, 0.717) is 18.2 Å². The van der Waals surface area contributed by atoms with E-state index in [2.05, 4.69) is 10.3 Å². The first-order valence-corrected chi connectivity index (χ1v) is 7.33. The summed E-state index contributed by atoms with van der Waals surface area (Å²) in [5, 5.41) is 5.31. The van der Waals surface area contributed by atoms with Gasteiger partial charge in [0.15, 0.2) is 5.13 Å². The van der Waals surface area contributed by atoms with Gasteiger partial charge in [-0.1, -0.05) is 13.8 Å². The summed E-state index contributed by atoms with van der Waals surface area (Å²) in [6.07, 6.45) is 0.579. The Morgan fingerprint density at radius 1 is 1.65 bits per heavy atom. The van der Waals surface area contributed by atoms with Gasteiger partial charge in [0, 0.05) is 23.8 Å². The topological polar surface area (TPSA) is 77.2 Å². The van der Waals surface area contributed by atoms with E-state index < -0.39 is 5.54 Å². The minimum Gasteiger partial charge on any atom is -0.378 e. The molecule has 1 heterocycles. The monoisotopic (exact) mass is 319 g/mol. The molecule has 2 rings (SSSR count). The van der Waals surface area contributed by atoms with Crippen molar-refractivity contribution in [2.75, 3.05) is 11.9 Å². The van der Waals surface area contributed by atoms with Crippen LogP contribution in [0.5, 0.6) is 0 Å². The SMILES string of the molecule is CCOC1CC(N)(C(=O)Nc2nc(C)cs2)C1(C)C.Cl. The van der Waals surface area contributed by atoms with E-state index in [1.54, 1.807) is 0 Å². The number of nitrogens with one attached hydrogen (secondary N) is 1. The zero-order valence-corrected chi connectivity index (χ0v) is 13.9. The first-order chi connectivity index (χ1) is 8.81. The quantitative estimate of drug-likeness (QED) is 0.893. The Morgan fingerprint density at radius 2 is 2.30 bits per heavy atom. The predicted octanol–water partition coefficient (Wildman–Crippen LogP) is 2.34. The summed E-state index contributed by atoms with van der Waals surface area (Å²) in [5.41, 5.74) is 5.91. The summed E-state index contributed by atoms with van der Waals surface area (Å²) in [5.74, 6) is -0.178. The van der Waals surface area contributed by atoms with Crippen LogP contribution in [0.25, 0.3) is 0 Å². The summed E-state index contributed by atoms with van der Waals surface area (Å²) in [6.45, 7) is 8.43. The van der Waals surface area contributed by atoms with Crippen molar-refractivity contribution >= 4 is 34.8 Å². The van der Waals surface area contributed by atoms with Crippen LogP contribution >= 0.6 is 23.7 Å². The number of ether oxygens (including phenoxy) is 1. The predicted molar refractivity (Wildman–Crippen MR) is 83.5 cm³/mol. The number of anilines is 1. The van der Waals surface area contributed by atoms with E-state index in [0.717, 1.165) is 5.69 Å². The number of hydrogen-bond acceptors (Lipinski definition) is 5. The Hall–Kier alpha value is -0.690. The number of rotatable bonds is 4. The molecule has 0 spiro atoms. The molecule has 2 atom stereocenters. The molecule has 3 N–H and O–H groups in total. The van der Waals surface area contributed by atoms with Crippen LogP contribution < -0.4 is 11.1 Å². The van der Waals surface area contributed by atoms with E-state index >= 15 is 0 Å². The molecular weight excluding hydrogens is 298 g/mol.